The van der Waals surface area contributed by atoms with Crippen molar-refractivity contribution >= 4 is 35.0 Å². The number of fused-ring (bicyclic) bond motifs is 1. The summed E-state index contributed by atoms with van der Waals surface area (Å²) in [4.78, 5) is 15.1. The van der Waals surface area contributed by atoms with Crippen molar-refractivity contribution in [2.75, 3.05) is 18.6 Å². The number of nitrogens with zero attached hydrogens (tertiary/aromatic N) is 1. The molecule has 1 atom stereocenters. The number of aromatic nitrogens is 1. The summed E-state index contributed by atoms with van der Waals surface area (Å²) in [7, 11) is 0. The molecule has 0 aliphatic carbocycles. The van der Waals surface area contributed by atoms with E-state index in [9.17, 15) is 10.0 Å². The largest absolute Gasteiger partial charge is 0.624 e. The van der Waals surface area contributed by atoms with E-state index in [4.69, 9.17) is 4.74 Å². The van der Waals surface area contributed by atoms with E-state index in [1.807, 2.05) is 36.7 Å². The maximum atomic E-state index is 12.3. The Morgan fingerprint density at radius 1 is 1.42 bits per heavy atom. The number of hydroxylamine groups is 1. The molecule has 0 radical (unpaired) electrons. The second-order valence-electron chi connectivity index (χ2n) is 7.11. The Morgan fingerprint density at radius 3 is 2.85 bits per heavy atom. The van der Waals surface area contributed by atoms with Gasteiger partial charge in [0.15, 0.2) is 12.8 Å². The summed E-state index contributed by atoms with van der Waals surface area (Å²) in [5, 5.41) is 16.2. The molecular formula is C19H27N3O3S. The van der Waals surface area contributed by atoms with Crippen molar-refractivity contribution in [2.24, 2.45) is 0 Å². The molecule has 1 heterocycles. The van der Waals surface area contributed by atoms with Crippen LogP contribution in [0.4, 0.5) is 4.79 Å². The quantitative estimate of drug-likeness (QED) is 0.335. The Hall–Kier alpha value is -2.15. The number of alkyl carbamates (subject to hydrolysis) is 1. The normalized spacial score (nSPS) is 13.6. The van der Waals surface area contributed by atoms with Gasteiger partial charge in [0.25, 0.3) is 0 Å². The van der Waals surface area contributed by atoms with Gasteiger partial charge < -0.3 is 20.2 Å². The lowest BCUT2D eigenvalue weighted by Crippen LogP contribution is -2.42. The summed E-state index contributed by atoms with van der Waals surface area (Å²) in [6.45, 7) is 5.74. The molecule has 0 bridgehead atoms. The Labute approximate surface area is 158 Å². The molecule has 0 saturated heterocycles. The molecule has 2 N–H and O–H groups in total. The lowest BCUT2D eigenvalue weighted by Gasteiger charge is -2.21. The summed E-state index contributed by atoms with van der Waals surface area (Å²) in [6, 6.07) is 7.64. The van der Waals surface area contributed by atoms with Gasteiger partial charge in [0.05, 0.1) is 0 Å². The minimum atomic E-state index is -0.569. The van der Waals surface area contributed by atoms with Gasteiger partial charge in [0.1, 0.15) is 11.6 Å². The van der Waals surface area contributed by atoms with Crippen LogP contribution in [0.3, 0.4) is 0 Å². The number of nitrogens with one attached hydrogen (secondary N) is 2. The van der Waals surface area contributed by atoms with E-state index in [1.165, 1.54) is 6.21 Å². The minimum Gasteiger partial charge on any atom is -0.624 e. The maximum Gasteiger partial charge on any atom is 0.408 e. The zero-order chi connectivity index (χ0) is 19.2. The zero-order valence-corrected chi connectivity index (χ0v) is 16.6. The number of benzene rings is 1. The van der Waals surface area contributed by atoms with Gasteiger partial charge in [-0.2, -0.15) is 11.8 Å². The number of aromatic amines is 1. The van der Waals surface area contributed by atoms with Crippen LogP contribution < -0.4 is 5.32 Å². The third-order valence-corrected chi connectivity index (χ3v) is 4.36. The van der Waals surface area contributed by atoms with Gasteiger partial charge in [-0.05, 0) is 38.7 Å². The summed E-state index contributed by atoms with van der Waals surface area (Å²) in [5.74, 6) is 0.602. The highest BCUT2D eigenvalue weighted by Crippen LogP contribution is 2.17. The van der Waals surface area contributed by atoms with Crippen LogP contribution >= 0.6 is 11.8 Å². The summed E-state index contributed by atoms with van der Waals surface area (Å²) in [5.41, 5.74) is 1.60. The molecule has 0 unspecified atom stereocenters. The molecule has 1 amide bonds. The first-order valence-corrected chi connectivity index (χ1v) is 10.00. The van der Waals surface area contributed by atoms with Crippen molar-refractivity contribution in [3.63, 3.8) is 0 Å². The van der Waals surface area contributed by atoms with Crippen LogP contribution in [0.15, 0.2) is 30.5 Å². The number of thioether (sulfide) groups is 1. The predicted octanol–water partition coefficient (Wildman–Crippen LogP) is 3.55. The molecule has 26 heavy (non-hydrogen) atoms. The molecule has 142 valence electrons. The second-order valence-corrected chi connectivity index (χ2v) is 8.02. The van der Waals surface area contributed by atoms with Crippen molar-refractivity contribution in [2.45, 2.75) is 38.8 Å². The highest BCUT2D eigenvalue weighted by atomic mass is 32.2. The maximum absolute atomic E-state index is 12.3. The zero-order valence-electron chi connectivity index (χ0n) is 15.7. The van der Waals surface area contributed by atoms with Gasteiger partial charge in [0.2, 0.25) is 0 Å². The van der Waals surface area contributed by atoms with Crippen LogP contribution in [-0.4, -0.2) is 52.2 Å². The van der Waals surface area contributed by atoms with Gasteiger partial charge in [-0.3, -0.25) is 0 Å². The monoisotopic (exact) mass is 377 g/mol. The molecule has 6 nitrogen and oxygen atoms in total. The van der Waals surface area contributed by atoms with E-state index in [0.717, 1.165) is 21.2 Å². The number of carbonyl (C=O) groups is 1. The molecule has 1 aromatic heterocycles. The molecule has 1 aromatic carbocycles. The first kappa shape index (κ1) is 20.2. The van der Waals surface area contributed by atoms with Gasteiger partial charge in [-0.25, -0.2) is 9.53 Å². The Bertz CT molecular complexity index is 765. The highest BCUT2D eigenvalue weighted by molar-refractivity contribution is 7.98. The number of ether oxygens (including phenoxy) is 1. The van der Waals surface area contributed by atoms with E-state index in [1.54, 1.807) is 32.5 Å². The number of carbonyl (C=O) groups excluding carboxylic acids is 1. The topological polar surface area (TPSA) is 80.2 Å². The third-order valence-electron chi connectivity index (χ3n) is 3.67. The van der Waals surface area contributed by atoms with Crippen LogP contribution in [0.5, 0.6) is 0 Å². The highest BCUT2D eigenvalue weighted by Gasteiger charge is 2.20. The molecule has 0 aliphatic rings. The number of rotatable bonds is 7. The van der Waals surface area contributed by atoms with Crippen molar-refractivity contribution in [3.05, 3.63) is 41.2 Å². The van der Waals surface area contributed by atoms with Crippen molar-refractivity contribution in [1.82, 2.24) is 10.3 Å². The van der Waals surface area contributed by atoms with Gasteiger partial charge in [0, 0.05) is 29.3 Å². The van der Waals surface area contributed by atoms with Crippen LogP contribution in [-0.2, 0) is 11.2 Å². The standard InChI is InChI=1S/C19H27N3O3S/c1-19(2,3)25-18(23)21-15(13-26-4)12-22(24)10-9-14-11-20-17-8-6-5-7-16(14)17/h5-8,11-12,15,20H,9-10,13H2,1-4H3,(H,21,23)/b22-12-/t15-/m0/s1. The fourth-order valence-corrected chi connectivity index (χ4v) is 3.13. The lowest BCUT2D eigenvalue weighted by molar-refractivity contribution is -0.453. The average Bonchev–Trinajstić information content (AvgIpc) is 2.94. The molecule has 2 aromatic rings. The predicted molar refractivity (Wildman–Crippen MR) is 108 cm³/mol. The van der Waals surface area contributed by atoms with Crippen molar-refractivity contribution < 1.29 is 14.3 Å². The van der Waals surface area contributed by atoms with Gasteiger partial charge in [-0.15, -0.1) is 0 Å². The third kappa shape index (κ3) is 6.29. The van der Waals surface area contributed by atoms with Crippen LogP contribution in [0.2, 0.25) is 0 Å². The molecular weight excluding hydrogens is 350 g/mol. The first-order valence-electron chi connectivity index (χ1n) is 8.60. The van der Waals surface area contributed by atoms with E-state index in [0.29, 0.717) is 18.7 Å². The van der Waals surface area contributed by atoms with Crippen LogP contribution in [0.25, 0.3) is 10.9 Å². The fraction of sp³-hybridized carbons (Fsp3) is 0.474. The molecule has 0 spiro atoms. The van der Waals surface area contributed by atoms with E-state index in [2.05, 4.69) is 10.3 Å². The van der Waals surface area contributed by atoms with Crippen molar-refractivity contribution in [3.8, 4) is 0 Å². The minimum absolute atomic E-state index is 0.322. The SMILES string of the molecule is CSC[C@H](/C=[N+](\[O-])CCc1c[nH]c2ccccc12)NC(=O)OC(C)(C)C. The number of para-hydroxylation sites is 1. The summed E-state index contributed by atoms with van der Waals surface area (Å²) >= 11 is 1.56. The number of hydrogen-bond donors (Lipinski definition) is 2. The second kappa shape index (κ2) is 8.98. The first-order chi connectivity index (χ1) is 12.3. The Morgan fingerprint density at radius 2 is 2.15 bits per heavy atom. The average molecular weight is 378 g/mol. The fourth-order valence-electron chi connectivity index (χ4n) is 2.60. The van der Waals surface area contributed by atoms with E-state index < -0.39 is 11.7 Å². The van der Waals surface area contributed by atoms with Crippen molar-refractivity contribution in [1.29, 1.82) is 0 Å². The lowest BCUT2D eigenvalue weighted by atomic mass is 10.1. The molecule has 7 heteroatoms. The van der Waals surface area contributed by atoms with Gasteiger partial charge in [-0.1, -0.05) is 18.2 Å². The Kier molecular flexibility index (Phi) is 6.97. The van der Waals surface area contributed by atoms with Gasteiger partial charge >= 0.3 is 6.09 Å². The molecule has 0 aliphatic heterocycles. The van der Waals surface area contributed by atoms with E-state index >= 15 is 0 Å². The smallest absolute Gasteiger partial charge is 0.408 e. The van der Waals surface area contributed by atoms with E-state index in [-0.39, 0.29) is 6.04 Å². The molecule has 0 saturated carbocycles. The number of hydrogen-bond acceptors (Lipinski definition) is 4. The summed E-state index contributed by atoms with van der Waals surface area (Å²) < 4.78 is 6.15. The number of H-pyrrole nitrogens is 1. The molecule has 0 fully saturated rings. The summed E-state index contributed by atoms with van der Waals surface area (Å²) in [6.07, 6.45) is 5.49. The van der Waals surface area contributed by atoms with Crippen LogP contribution in [0.1, 0.15) is 26.3 Å². The molecule has 2 rings (SSSR count). The van der Waals surface area contributed by atoms with Crippen LogP contribution in [0, 0.1) is 5.21 Å². The Balaban J connectivity index is 1.96. The number of amides is 1.